The maximum Gasteiger partial charge on any atom is 0.226 e. The van der Waals surface area contributed by atoms with Crippen molar-refractivity contribution >= 4 is 5.91 Å². The zero-order chi connectivity index (χ0) is 16.2. The average molecular weight is 320 g/mol. The highest BCUT2D eigenvalue weighted by molar-refractivity contribution is 5.79. The van der Waals surface area contributed by atoms with Gasteiger partial charge >= 0.3 is 0 Å². The summed E-state index contributed by atoms with van der Waals surface area (Å²) in [6.07, 6.45) is 4.64. The van der Waals surface area contributed by atoms with Crippen molar-refractivity contribution in [1.29, 1.82) is 0 Å². The van der Waals surface area contributed by atoms with Crippen molar-refractivity contribution in [2.45, 2.75) is 50.8 Å². The molecule has 1 amide bonds. The van der Waals surface area contributed by atoms with Gasteiger partial charge in [-0.25, -0.2) is 4.39 Å². The first-order chi connectivity index (χ1) is 11.1. The molecule has 0 radical (unpaired) electrons. The number of carbonyl (C=O) groups is 1. The lowest BCUT2D eigenvalue weighted by Gasteiger charge is -2.28. The van der Waals surface area contributed by atoms with Crippen molar-refractivity contribution in [3.05, 3.63) is 35.6 Å². The molecule has 0 spiro atoms. The quantitative estimate of drug-likeness (QED) is 0.907. The topological polar surface area (TPSA) is 55.6 Å². The smallest absolute Gasteiger partial charge is 0.226 e. The molecule has 3 unspecified atom stereocenters. The normalized spacial score (nSPS) is 27.3. The van der Waals surface area contributed by atoms with Crippen molar-refractivity contribution in [2.75, 3.05) is 13.2 Å². The molecule has 1 aromatic rings. The van der Waals surface area contributed by atoms with Gasteiger partial charge in [0.2, 0.25) is 5.91 Å². The molecule has 4 nitrogen and oxygen atoms in total. The summed E-state index contributed by atoms with van der Waals surface area (Å²) < 4.78 is 19.1. The first-order valence-corrected chi connectivity index (χ1v) is 8.52. The molecule has 126 valence electrons. The molecular weight excluding hydrogens is 295 g/mol. The molecule has 2 fully saturated rings. The van der Waals surface area contributed by atoms with Crippen LogP contribution in [0.1, 0.15) is 37.7 Å². The molecule has 3 rings (SSSR count). The Balaban J connectivity index is 1.71. The van der Waals surface area contributed by atoms with E-state index in [1.54, 1.807) is 6.07 Å². The molecule has 1 aliphatic carbocycles. The number of hydrogen-bond donors (Lipinski definition) is 1. The second-order valence-electron chi connectivity index (χ2n) is 6.75. The number of nitrogens with two attached hydrogens (primary N) is 1. The van der Waals surface area contributed by atoms with Crippen LogP contribution in [0, 0.1) is 11.7 Å². The zero-order valence-electron chi connectivity index (χ0n) is 13.4. The standard InChI is InChI=1S/C18H25FN2O2/c19-15-4-1-3-13(9-15)11-21(12-17-5-2-8-23-17)18(22)14-6-7-16(20)10-14/h1,3-4,9,14,16-17H,2,5-8,10-12,20H2. The Morgan fingerprint density at radius 2 is 2.22 bits per heavy atom. The van der Waals surface area contributed by atoms with Crippen LogP contribution < -0.4 is 5.73 Å². The number of ether oxygens (including phenoxy) is 1. The predicted octanol–water partition coefficient (Wildman–Crippen LogP) is 2.46. The highest BCUT2D eigenvalue weighted by atomic mass is 19.1. The lowest BCUT2D eigenvalue weighted by Crippen LogP contribution is -2.40. The molecular formula is C18H25FN2O2. The minimum atomic E-state index is -0.269. The van der Waals surface area contributed by atoms with Gasteiger partial charge in [-0.1, -0.05) is 12.1 Å². The number of rotatable bonds is 5. The van der Waals surface area contributed by atoms with Crippen molar-refractivity contribution in [2.24, 2.45) is 11.7 Å². The van der Waals surface area contributed by atoms with E-state index in [1.165, 1.54) is 12.1 Å². The summed E-state index contributed by atoms with van der Waals surface area (Å²) in [7, 11) is 0. The Bertz CT molecular complexity index is 546. The van der Waals surface area contributed by atoms with E-state index in [0.29, 0.717) is 13.1 Å². The Morgan fingerprint density at radius 3 is 2.87 bits per heavy atom. The van der Waals surface area contributed by atoms with E-state index in [2.05, 4.69) is 0 Å². The summed E-state index contributed by atoms with van der Waals surface area (Å²) in [6.45, 7) is 1.78. The van der Waals surface area contributed by atoms with Gasteiger partial charge in [0.25, 0.3) is 0 Å². The van der Waals surface area contributed by atoms with E-state index in [1.807, 2.05) is 11.0 Å². The van der Waals surface area contributed by atoms with E-state index in [-0.39, 0.29) is 29.8 Å². The van der Waals surface area contributed by atoms with E-state index < -0.39 is 0 Å². The van der Waals surface area contributed by atoms with Crippen LogP contribution in [0.2, 0.25) is 0 Å². The van der Waals surface area contributed by atoms with Crippen LogP contribution in [-0.2, 0) is 16.1 Å². The van der Waals surface area contributed by atoms with Crippen molar-refractivity contribution < 1.29 is 13.9 Å². The molecule has 0 bridgehead atoms. The molecule has 1 aromatic carbocycles. The van der Waals surface area contributed by atoms with Crippen LogP contribution in [0.25, 0.3) is 0 Å². The fraction of sp³-hybridized carbons (Fsp3) is 0.611. The minimum absolute atomic E-state index is 0.0000350. The van der Waals surface area contributed by atoms with Crippen LogP contribution in [-0.4, -0.2) is 36.1 Å². The predicted molar refractivity (Wildman–Crippen MR) is 86.1 cm³/mol. The second kappa shape index (κ2) is 7.41. The van der Waals surface area contributed by atoms with Crippen LogP contribution >= 0.6 is 0 Å². The van der Waals surface area contributed by atoms with E-state index in [9.17, 15) is 9.18 Å². The Hall–Kier alpha value is -1.46. The summed E-state index contributed by atoms with van der Waals surface area (Å²) in [5.74, 6) is -0.132. The van der Waals surface area contributed by atoms with Gasteiger partial charge in [-0.15, -0.1) is 0 Å². The fourth-order valence-corrected chi connectivity index (χ4v) is 3.62. The van der Waals surface area contributed by atoms with E-state index in [0.717, 1.165) is 44.3 Å². The number of halogens is 1. The zero-order valence-corrected chi connectivity index (χ0v) is 13.4. The second-order valence-corrected chi connectivity index (χ2v) is 6.75. The van der Waals surface area contributed by atoms with Gasteiger partial charge in [0, 0.05) is 31.7 Å². The Kier molecular flexibility index (Phi) is 5.28. The van der Waals surface area contributed by atoms with Crippen LogP contribution in [0.15, 0.2) is 24.3 Å². The van der Waals surface area contributed by atoms with E-state index in [4.69, 9.17) is 10.5 Å². The minimum Gasteiger partial charge on any atom is -0.376 e. The molecule has 2 N–H and O–H groups in total. The number of amides is 1. The molecule has 1 heterocycles. The van der Waals surface area contributed by atoms with Crippen LogP contribution in [0.3, 0.4) is 0 Å². The summed E-state index contributed by atoms with van der Waals surface area (Å²) >= 11 is 0. The molecule has 23 heavy (non-hydrogen) atoms. The van der Waals surface area contributed by atoms with E-state index >= 15 is 0 Å². The van der Waals surface area contributed by atoms with Crippen LogP contribution in [0.4, 0.5) is 4.39 Å². The SMILES string of the molecule is NC1CCC(C(=O)N(Cc2cccc(F)c2)CC2CCCO2)C1. The number of carbonyl (C=O) groups excluding carboxylic acids is 1. The van der Waals surface area contributed by atoms with Gasteiger partial charge in [-0.2, -0.15) is 0 Å². The van der Waals surface area contributed by atoms with Gasteiger partial charge < -0.3 is 15.4 Å². The molecule has 0 aromatic heterocycles. The number of benzene rings is 1. The number of nitrogens with zero attached hydrogens (tertiary/aromatic N) is 1. The summed E-state index contributed by atoms with van der Waals surface area (Å²) in [4.78, 5) is 14.7. The maximum atomic E-state index is 13.4. The Morgan fingerprint density at radius 1 is 1.35 bits per heavy atom. The third kappa shape index (κ3) is 4.30. The third-order valence-corrected chi connectivity index (χ3v) is 4.84. The van der Waals surface area contributed by atoms with Crippen molar-refractivity contribution in [1.82, 2.24) is 4.90 Å². The molecule has 3 atom stereocenters. The molecule has 1 saturated heterocycles. The van der Waals surface area contributed by atoms with Gasteiger partial charge in [0.05, 0.1) is 6.10 Å². The van der Waals surface area contributed by atoms with Crippen molar-refractivity contribution in [3.8, 4) is 0 Å². The average Bonchev–Trinajstić information content (AvgIpc) is 3.17. The van der Waals surface area contributed by atoms with Crippen molar-refractivity contribution in [3.63, 3.8) is 0 Å². The highest BCUT2D eigenvalue weighted by Crippen LogP contribution is 2.27. The van der Waals surface area contributed by atoms with Gasteiger partial charge in [0.1, 0.15) is 5.82 Å². The highest BCUT2D eigenvalue weighted by Gasteiger charge is 2.32. The van der Waals surface area contributed by atoms with Gasteiger partial charge in [-0.05, 0) is 49.8 Å². The summed E-state index contributed by atoms with van der Waals surface area (Å²) in [5.41, 5.74) is 6.77. The molecule has 2 aliphatic rings. The first-order valence-electron chi connectivity index (χ1n) is 8.52. The Labute approximate surface area is 136 Å². The summed E-state index contributed by atoms with van der Waals surface area (Å²) in [6, 6.07) is 6.59. The monoisotopic (exact) mass is 320 g/mol. The number of hydrogen-bond acceptors (Lipinski definition) is 3. The molecule has 1 aliphatic heterocycles. The largest absolute Gasteiger partial charge is 0.376 e. The molecule has 1 saturated carbocycles. The third-order valence-electron chi connectivity index (χ3n) is 4.84. The summed E-state index contributed by atoms with van der Waals surface area (Å²) in [5, 5.41) is 0. The van der Waals surface area contributed by atoms with Gasteiger partial charge in [-0.3, -0.25) is 4.79 Å². The lowest BCUT2D eigenvalue weighted by molar-refractivity contribution is -0.137. The van der Waals surface area contributed by atoms with Gasteiger partial charge in [0.15, 0.2) is 0 Å². The fourth-order valence-electron chi connectivity index (χ4n) is 3.62. The first kappa shape index (κ1) is 16.4. The molecule has 5 heteroatoms. The van der Waals surface area contributed by atoms with Crippen LogP contribution in [0.5, 0.6) is 0 Å². The maximum absolute atomic E-state index is 13.4. The lowest BCUT2D eigenvalue weighted by atomic mass is 10.0.